The van der Waals surface area contributed by atoms with E-state index in [1.165, 1.54) is 0 Å². The van der Waals surface area contributed by atoms with Gasteiger partial charge in [-0.2, -0.15) is 0 Å². The Kier molecular flexibility index (Phi) is 6.67. The number of rotatable bonds is 5. The zero-order chi connectivity index (χ0) is 19.1. The highest BCUT2D eigenvalue weighted by Gasteiger charge is 2.51. The van der Waals surface area contributed by atoms with E-state index in [1.807, 2.05) is 0 Å². The van der Waals surface area contributed by atoms with E-state index < -0.39 is 28.7 Å². The monoisotopic (exact) mass is 372 g/mol. The van der Waals surface area contributed by atoms with Crippen molar-refractivity contribution < 1.29 is 18.7 Å². The molecule has 1 rings (SSSR count). The zero-order valence-corrected chi connectivity index (χ0v) is 19.3. The summed E-state index contributed by atoms with van der Waals surface area (Å²) in [6.45, 7) is 21.9. The molecule has 1 aliphatic rings. The fraction of sp³-hybridized carbons (Fsp3) is 1.00. The summed E-state index contributed by atoms with van der Waals surface area (Å²) in [6.07, 6.45) is -1.08. The predicted octanol–water partition coefficient (Wildman–Crippen LogP) is 3.65. The smallest absolute Gasteiger partial charge is 0.192 e. The van der Waals surface area contributed by atoms with Gasteiger partial charge in [-0.05, 0) is 36.3 Å². The second-order valence-electron chi connectivity index (χ2n) is 10.0. The van der Waals surface area contributed by atoms with Crippen LogP contribution in [0, 0.1) is 0 Å². The predicted molar refractivity (Wildman–Crippen MR) is 106 cm³/mol. The van der Waals surface area contributed by atoms with Crippen LogP contribution in [-0.2, 0) is 13.6 Å². The topological polar surface area (TPSA) is 47.9 Å². The molecule has 4 atom stereocenters. The van der Waals surface area contributed by atoms with Crippen molar-refractivity contribution in [3.63, 3.8) is 0 Å². The maximum absolute atomic E-state index is 9.74. The first-order valence-electron chi connectivity index (χ1n) is 8.91. The third-order valence-corrected chi connectivity index (χ3v) is 14.9. The van der Waals surface area contributed by atoms with E-state index in [4.69, 9.17) is 21.4 Å². The Morgan fingerprint density at radius 2 is 1.25 bits per heavy atom. The van der Waals surface area contributed by atoms with Gasteiger partial charge < -0.3 is 18.7 Å². The van der Waals surface area contributed by atoms with E-state index in [2.05, 4.69) is 67.7 Å². The molecule has 0 spiro atoms. The number of ether oxygens (including phenoxy) is 1. The lowest BCUT2D eigenvalue weighted by atomic mass is 9.93. The Balaban J connectivity index is 3.08. The number of hydrogen-bond acceptors (Lipinski definition) is 4. The summed E-state index contributed by atoms with van der Waals surface area (Å²) >= 11 is 0. The van der Waals surface area contributed by atoms with Crippen LogP contribution in [0.1, 0.15) is 41.5 Å². The van der Waals surface area contributed by atoms with Gasteiger partial charge in [0.1, 0.15) is 20.1 Å². The van der Waals surface area contributed by atoms with Crippen molar-refractivity contribution in [3.8, 4) is 0 Å². The maximum atomic E-state index is 9.74. The fourth-order valence-electron chi connectivity index (χ4n) is 2.21. The van der Waals surface area contributed by atoms with Crippen LogP contribution in [0.15, 0.2) is 0 Å². The van der Waals surface area contributed by atoms with E-state index in [0.29, 0.717) is 0 Å². The molecule has 4 nitrogen and oxygen atoms in total. The molecule has 1 heterocycles. The minimum Gasteiger partial charge on any atom is -0.409 e. The van der Waals surface area contributed by atoms with Crippen LogP contribution < -0.4 is 0 Å². The van der Waals surface area contributed by atoms with E-state index in [9.17, 15) is 5.11 Å². The van der Waals surface area contributed by atoms with Gasteiger partial charge >= 0.3 is 0 Å². The van der Waals surface area contributed by atoms with Gasteiger partial charge in [0.2, 0.25) is 0 Å². The van der Waals surface area contributed by atoms with Crippen molar-refractivity contribution in [1.82, 2.24) is 0 Å². The highest BCUT2D eigenvalue weighted by atomic mass is 28.4. The average molecular weight is 372 g/mol. The van der Waals surface area contributed by atoms with Gasteiger partial charge in [-0.3, -0.25) is 0 Å². The molecule has 1 aliphatic heterocycles. The minimum atomic E-state index is -2.03. The highest BCUT2D eigenvalue weighted by Crippen LogP contribution is 2.43. The van der Waals surface area contributed by atoms with E-state index in [1.54, 1.807) is 0 Å². The van der Waals surface area contributed by atoms with Crippen molar-refractivity contribution in [3.05, 3.63) is 0 Å². The third kappa shape index (κ3) is 4.74. The molecule has 1 saturated heterocycles. The first-order valence-corrected chi connectivity index (χ1v) is 14.7. The highest BCUT2D eigenvalue weighted by molar-refractivity contribution is 6.74. The van der Waals surface area contributed by atoms with Gasteiger partial charge in [-0.1, -0.05) is 41.5 Å². The summed E-state index contributed by atoms with van der Waals surface area (Å²) in [4.78, 5) is 0. The molecule has 1 N–H and O–H groups in total. The minimum absolute atomic E-state index is 0.0706. The largest absolute Gasteiger partial charge is 0.409 e. The third-order valence-electron chi connectivity index (χ3n) is 6.00. The van der Waals surface area contributed by atoms with Crippen molar-refractivity contribution in [2.75, 3.05) is 6.61 Å². The van der Waals surface area contributed by atoms with Crippen molar-refractivity contribution in [2.24, 2.45) is 0 Å². The summed E-state index contributed by atoms with van der Waals surface area (Å²) in [5, 5.41) is 9.89. The van der Waals surface area contributed by atoms with Crippen LogP contribution in [0.4, 0.5) is 0 Å². The number of aliphatic hydroxyl groups excluding tert-OH is 1. The number of aliphatic hydroxyl groups is 1. The van der Waals surface area contributed by atoms with Gasteiger partial charge in [0, 0.05) is 6.00 Å². The molecule has 0 unspecified atom stereocenters. The SMILES string of the molecule is [B][C@@H]1O[C@H](CO)[C@H](O[Si](C)(C)C(C)(C)C)[C@H]1O[Si](C)(C)C(C)(C)C. The molecule has 0 bridgehead atoms. The Bertz CT molecular complexity index is 429. The summed E-state index contributed by atoms with van der Waals surface area (Å²) in [6, 6.07) is -0.564. The van der Waals surface area contributed by atoms with Crippen LogP contribution in [0.25, 0.3) is 0 Å². The summed E-state index contributed by atoms with van der Waals surface area (Å²) in [5.41, 5.74) is 0. The summed E-state index contributed by atoms with van der Waals surface area (Å²) < 4.78 is 18.9. The van der Waals surface area contributed by atoms with Crippen LogP contribution in [0.2, 0.25) is 36.3 Å². The number of hydrogen-bond donors (Lipinski definition) is 1. The lowest BCUT2D eigenvalue weighted by molar-refractivity contribution is -0.00269. The Morgan fingerprint density at radius 3 is 1.58 bits per heavy atom. The van der Waals surface area contributed by atoms with Gasteiger partial charge in [0.25, 0.3) is 0 Å². The molecule has 0 amide bonds. The molecular formula is C17H37BO4Si2. The lowest BCUT2D eigenvalue weighted by Crippen LogP contribution is -2.54. The Morgan fingerprint density at radius 1 is 0.875 bits per heavy atom. The molecule has 140 valence electrons. The average Bonchev–Trinajstić information content (AvgIpc) is 2.63. The van der Waals surface area contributed by atoms with Gasteiger partial charge in [-0.15, -0.1) is 0 Å². The summed E-state index contributed by atoms with van der Waals surface area (Å²) in [5.74, 6) is 0. The van der Waals surface area contributed by atoms with Crippen molar-refractivity contribution in [1.29, 1.82) is 0 Å². The van der Waals surface area contributed by atoms with Crippen LogP contribution in [0.5, 0.6) is 0 Å². The molecule has 0 aromatic heterocycles. The summed E-state index contributed by atoms with van der Waals surface area (Å²) in [7, 11) is 2.16. The molecule has 0 saturated carbocycles. The zero-order valence-electron chi connectivity index (χ0n) is 17.3. The maximum Gasteiger partial charge on any atom is 0.192 e. The molecule has 24 heavy (non-hydrogen) atoms. The van der Waals surface area contributed by atoms with Crippen LogP contribution >= 0.6 is 0 Å². The van der Waals surface area contributed by atoms with E-state index in [-0.39, 0.29) is 28.9 Å². The van der Waals surface area contributed by atoms with Crippen LogP contribution in [0.3, 0.4) is 0 Å². The van der Waals surface area contributed by atoms with Crippen molar-refractivity contribution >= 4 is 24.5 Å². The first-order chi connectivity index (χ1) is 10.5. The van der Waals surface area contributed by atoms with Gasteiger partial charge in [0.15, 0.2) is 16.6 Å². The Labute approximate surface area is 152 Å². The van der Waals surface area contributed by atoms with E-state index in [0.717, 1.165) is 0 Å². The molecular weight excluding hydrogens is 335 g/mol. The molecule has 7 heteroatoms. The first kappa shape index (κ1) is 22.4. The Hall–Kier alpha value is 0.339. The molecule has 0 aromatic rings. The second kappa shape index (κ2) is 7.16. The fourth-order valence-corrected chi connectivity index (χ4v) is 4.84. The van der Waals surface area contributed by atoms with E-state index >= 15 is 0 Å². The molecule has 2 radical (unpaired) electrons. The van der Waals surface area contributed by atoms with Gasteiger partial charge in [0.05, 0.1) is 12.7 Å². The second-order valence-corrected chi connectivity index (χ2v) is 19.5. The quantitative estimate of drug-likeness (QED) is 0.749. The lowest BCUT2D eigenvalue weighted by Gasteiger charge is -2.44. The van der Waals surface area contributed by atoms with Crippen LogP contribution in [-0.4, -0.2) is 60.5 Å². The van der Waals surface area contributed by atoms with Crippen molar-refractivity contribution in [2.45, 2.75) is 102 Å². The molecule has 0 aliphatic carbocycles. The van der Waals surface area contributed by atoms with Gasteiger partial charge in [-0.25, -0.2) is 0 Å². The molecule has 0 aromatic carbocycles. The standard InChI is InChI=1S/C17H37BO4Si2/c1-16(2,3)23(7,8)21-13-12(11-19)20-15(18)14(13)22-24(9,10)17(4,5)6/h12-15,19H,11H2,1-10H3/t12-,13+,14-,15-/m1/s1. The molecule has 1 fully saturated rings. The normalized spacial score (nSPS) is 30.0.